The summed E-state index contributed by atoms with van der Waals surface area (Å²) in [6, 6.07) is 3.14. The fraction of sp³-hybridized carbons (Fsp3) is 0.429. The summed E-state index contributed by atoms with van der Waals surface area (Å²) in [6.45, 7) is 6.85. The van der Waals surface area contributed by atoms with E-state index < -0.39 is 0 Å². The Morgan fingerprint density at radius 3 is 2.95 bits per heavy atom. The summed E-state index contributed by atoms with van der Waals surface area (Å²) in [5.74, 6) is 0.805. The number of aryl methyl sites for hydroxylation is 1. The van der Waals surface area contributed by atoms with Crippen LogP contribution in [-0.2, 0) is 6.54 Å². The Morgan fingerprint density at radius 2 is 2.24 bits per heavy atom. The van der Waals surface area contributed by atoms with Gasteiger partial charge >= 0.3 is 0 Å². The van der Waals surface area contributed by atoms with E-state index in [0.29, 0.717) is 30.4 Å². The van der Waals surface area contributed by atoms with E-state index in [9.17, 15) is 4.79 Å². The molecule has 0 aliphatic heterocycles. The van der Waals surface area contributed by atoms with Gasteiger partial charge in [-0.3, -0.25) is 4.79 Å². The maximum Gasteiger partial charge on any atom is 0.257 e. The maximum absolute atomic E-state index is 12.4. The molecule has 112 valence electrons. The predicted molar refractivity (Wildman–Crippen MR) is 77.0 cm³/mol. The summed E-state index contributed by atoms with van der Waals surface area (Å²) in [4.78, 5) is 20.6. The van der Waals surface area contributed by atoms with Crippen LogP contribution in [0.2, 0.25) is 0 Å². The van der Waals surface area contributed by atoms with Gasteiger partial charge in [-0.05, 0) is 32.9 Å². The van der Waals surface area contributed by atoms with E-state index in [1.54, 1.807) is 23.0 Å². The topological polar surface area (TPSA) is 81.9 Å². The zero-order valence-electron chi connectivity index (χ0n) is 12.4. The van der Waals surface area contributed by atoms with Crippen molar-refractivity contribution in [2.75, 3.05) is 6.61 Å². The lowest BCUT2D eigenvalue weighted by molar-refractivity contribution is 0.0932. The first-order chi connectivity index (χ1) is 10.2. The zero-order chi connectivity index (χ0) is 15.2. The van der Waals surface area contributed by atoms with E-state index in [4.69, 9.17) is 4.74 Å². The quantitative estimate of drug-likeness (QED) is 0.873. The molecule has 2 aromatic rings. The van der Waals surface area contributed by atoms with Gasteiger partial charge in [-0.1, -0.05) is 0 Å². The molecule has 0 aliphatic carbocycles. The number of nitrogens with zero attached hydrogens (tertiary/aromatic N) is 4. The fourth-order valence-electron chi connectivity index (χ4n) is 2.01. The minimum Gasteiger partial charge on any atom is -0.477 e. The molecule has 0 spiro atoms. The molecule has 0 aliphatic rings. The lowest BCUT2D eigenvalue weighted by atomic mass is 10.2. The Balaban J connectivity index is 2.14. The van der Waals surface area contributed by atoms with Crippen LogP contribution in [0.1, 0.15) is 43.0 Å². The Morgan fingerprint density at radius 1 is 1.43 bits per heavy atom. The van der Waals surface area contributed by atoms with Crippen LogP contribution in [0.5, 0.6) is 5.88 Å². The van der Waals surface area contributed by atoms with Gasteiger partial charge in [0.15, 0.2) is 0 Å². The largest absolute Gasteiger partial charge is 0.477 e. The van der Waals surface area contributed by atoms with Crippen LogP contribution in [0.3, 0.4) is 0 Å². The first kappa shape index (κ1) is 15.0. The number of rotatable bonds is 6. The van der Waals surface area contributed by atoms with E-state index in [1.165, 1.54) is 6.33 Å². The van der Waals surface area contributed by atoms with Crippen molar-refractivity contribution in [2.24, 2.45) is 0 Å². The number of carbonyl (C=O) groups is 1. The number of hydrogen-bond acceptors (Lipinski definition) is 5. The van der Waals surface area contributed by atoms with E-state index >= 15 is 0 Å². The highest BCUT2D eigenvalue weighted by Crippen LogP contribution is 2.16. The second kappa shape index (κ2) is 6.83. The fourth-order valence-corrected chi connectivity index (χ4v) is 2.01. The molecule has 2 rings (SSSR count). The van der Waals surface area contributed by atoms with Crippen molar-refractivity contribution < 1.29 is 9.53 Å². The zero-order valence-corrected chi connectivity index (χ0v) is 12.4. The molecule has 2 heterocycles. The third-order valence-electron chi connectivity index (χ3n) is 2.98. The second-order valence-corrected chi connectivity index (χ2v) is 4.42. The van der Waals surface area contributed by atoms with Crippen LogP contribution in [0.15, 0.2) is 24.7 Å². The van der Waals surface area contributed by atoms with Gasteiger partial charge in [-0.15, -0.1) is 0 Å². The average Bonchev–Trinajstić information content (AvgIpc) is 2.96. The molecule has 0 unspecified atom stereocenters. The normalized spacial score (nSPS) is 12.0. The Bertz CT molecular complexity index is 611. The van der Waals surface area contributed by atoms with Gasteiger partial charge in [0, 0.05) is 12.7 Å². The summed E-state index contributed by atoms with van der Waals surface area (Å²) in [5, 5.41) is 6.99. The molecule has 2 aromatic heterocycles. The standard InChI is InChI=1S/C14H19N5O2/c1-4-19-12(16-9-17-19)10(3)18-13(20)11-7-6-8-15-14(11)21-5-2/h6-10H,4-5H2,1-3H3,(H,18,20)/t10-/m0/s1. The number of carbonyl (C=O) groups excluding carboxylic acids is 1. The monoisotopic (exact) mass is 289 g/mol. The molecule has 1 amide bonds. The number of hydrogen-bond donors (Lipinski definition) is 1. The molecule has 1 N–H and O–H groups in total. The molecule has 1 atom stereocenters. The summed E-state index contributed by atoms with van der Waals surface area (Å²) < 4.78 is 7.12. The first-order valence-corrected chi connectivity index (χ1v) is 6.93. The molecule has 0 fully saturated rings. The molecule has 7 nitrogen and oxygen atoms in total. The highest BCUT2D eigenvalue weighted by Gasteiger charge is 2.19. The second-order valence-electron chi connectivity index (χ2n) is 4.42. The SMILES string of the molecule is CCOc1ncccc1C(=O)N[C@@H](C)c1ncnn1CC. The third kappa shape index (κ3) is 3.36. The summed E-state index contributed by atoms with van der Waals surface area (Å²) in [7, 11) is 0. The molecule has 7 heteroatoms. The predicted octanol–water partition coefficient (Wildman–Crippen LogP) is 1.58. The van der Waals surface area contributed by atoms with E-state index in [1.807, 2.05) is 20.8 Å². The number of ether oxygens (including phenoxy) is 1. The molecule has 21 heavy (non-hydrogen) atoms. The van der Waals surface area contributed by atoms with E-state index in [0.717, 1.165) is 0 Å². The van der Waals surface area contributed by atoms with Crippen molar-refractivity contribution in [1.82, 2.24) is 25.1 Å². The molecule has 0 bridgehead atoms. The van der Waals surface area contributed by atoms with Crippen molar-refractivity contribution in [3.05, 3.63) is 36.0 Å². The average molecular weight is 289 g/mol. The molecule has 0 aromatic carbocycles. The lowest BCUT2D eigenvalue weighted by Gasteiger charge is -2.15. The minimum absolute atomic E-state index is 0.246. The van der Waals surface area contributed by atoms with Crippen molar-refractivity contribution in [3.63, 3.8) is 0 Å². The molecular formula is C14H19N5O2. The van der Waals surface area contributed by atoms with Crippen molar-refractivity contribution in [2.45, 2.75) is 33.4 Å². The smallest absolute Gasteiger partial charge is 0.257 e. The van der Waals surface area contributed by atoms with Gasteiger partial charge in [0.05, 0.1) is 12.6 Å². The Hall–Kier alpha value is -2.44. The van der Waals surface area contributed by atoms with Gasteiger partial charge in [-0.2, -0.15) is 5.10 Å². The highest BCUT2D eigenvalue weighted by molar-refractivity contribution is 5.96. The Labute approximate surface area is 123 Å². The van der Waals surface area contributed by atoms with E-state index in [2.05, 4.69) is 20.4 Å². The number of nitrogens with one attached hydrogen (secondary N) is 1. The number of pyridine rings is 1. The maximum atomic E-state index is 12.4. The molecule has 0 saturated heterocycles. The number of amides is 1. The summed E-state index contributed by atoms with van der Waals surface area (Å²) in [5.41, 5.74) is 0.411. The van der Waals surface area contributed by atoms with Crippen molar-refractivity contribution in [3.8, 4) is 5.88 Å². The lowest BCUT2D eigenvalue weighted by Crippen LogP contribution is -2.29. The van der Waals surface area contributed by atoms with Crippen LogP contribution < -0.4 is 10.1 Å². The minimum atomic E-state index is -0.255. The van der Waals surface area contributed by atoms with E-state index in [-0.39, 0.29) is 11.9 Å². The van der Waals surface area contributed by atoms with Gasteiger partial charge in [-0.25, -0.2) is 14.6 Å². The Kier molecular flexibility index (Phi) is 4.86. The van der Waals surface area contributed by atoms with Crippen LogP contribution in [0, 0.1) is 0 Å². The van der Waals surface area contributed by atoms with Gasteiger partial charge < -0.3 is 10.1 Å². The third-order valence-corrected chi connectivity index (χ3v) is 2.98. The first-order valence-electron chi connectivity index (χ1n) is 6.93. The van der Waals surface area contributed by atoms with Crippen LogP contribution >= 0.6 is 0 Å². The highest BCUT2D eigenvalue weighted by atomic mass is 16.5. The van der Waals surface area contributed by atoms with Crippen LogP contribution in [-0.4, -0.2) is 32.3 Å². The molecular weight excluding hydrogens is 270 g/mol. The molecule has 0 radical (unpaired) electrons. The van der Waals surface area contributed by atoms with Gasteiger partial charge in [0.25, 0.3) is 5.91 Å². The van der Waals surface area contributed by atoms with Crippen LogP contribution in [0.4, 0.5) is 0 Å². The van der Waals surface area contributed by atoms with Crippen molar-refractivity contribution >= 4 is 5.91 Å². The summed E-state index contributed by atoms with van der Waals surface area (Å²) >= 11 is 0. The number of aromatic nitrogens is 4. The molecule has 0 saturated carbocycles. The summed E-state index contributed by atoms with van der Waals surface area (Å²) in [6.07, 6.45) is 3.08. The van der Waals surface area contributed by atoms with Gasteiger partial charge in [0.2, 0.25) is 5.88 Å². The van der Waals surface area contributed by atoms with Gasteiger partial charge in [0.1, 0.15) is 17.7 Å². The van der Waals surface area contributed by atoms with Crippen LogP contribution in [0.25, 0.3) is 0 Å². The van der Waals surface area contributed by atoms with Crippen molar-refractivity contribution in [1.29, 1.82) is 0 Å².